The van der Waals surface area contributed by atoms with Crippen LogP contribution in [-0.2, 0) is 11.2 Å². The first-order valence-corrected chi connectivity index (χ1v) is 5.54. The van der Waals surface area contributed by atoms with Gasteiger partial charge in [0.1, 0.15) is 0 Å². The number of carbonyl (C=O) groups is 1. The Morgan fingerprint density at radius 1 is 1.62 bits per heavy atom. The number of amides is 1. The Bertz CT molecular complexity index is 391. The van der Waals surface area contributed by atoms with E-state index in [1.807, 2.05) is 17.0 Å². The van der Waals surface area contributed by atoms with Crippen LogP contribution in [-0.4, -0.2) is 28.9 Å². The summed E-state index contributed by atoms with van der Waals surface area (Å²) < 4.78 is 0. The summed E-state index contributed by atoms with van der Waals surface area (Å²) in [6, 6.07) is 3.82. The fourth-order valence-corrected chi connectivity index (χ4v) is 1.83. The molecule has 0 spiro atoms. The number of nitrogens with zero attached hydrogens (tertiary/aromatic N) is 2. The van der Waals surface area contributed by atoms with E-state index in [4.69, 9.17) is 0 Å². The standard InChI is InChI=1S/C13H16N2O/c1-3-11-4-5-12(14-7-11)6-13(16)15-8-10(2)9-15/h3-5,7,10H,1,6,8-9H2,2H3. The first kappa shape index (κ1) is 10.9. The highest BCUT2D eigenvalue weighted by molar-refractivity contribution is 5.79. The van der Waals surface area contributed by atoms with Crippen molar-refractivity contribution in [3.8, 4) is 0 Å². The van der Waals surface area contributed by atoms with E-state index in [0.29, 0.717) is 12.3 Å². The molecule has 2 heterocycles. The van der Waals surface area contributed by atoms with Crippen molar-refractivity contribution < 1.29 is 4.79 Å². The third-order valence-corrected chi connectivity index (χ3v) is 2.83. The van der Waals surface area contributed by atoms with E-state index in [9.17, 15) is 4.79 Å². The van der Waals surface area contributed by atoms with Crippen LogP contribution in [0.1, 0.15) is 18.2 Å². The van der Waals surface area contributed by atoms with Gasteiger partial charge >= 0.3 is 0 Å². The molecule has 1 aromatic rings. The second-order valence-corrected chi connectivity index (χ2v) is 4.37. The molecular weight excluding hydrogens is 200 g/mol. The molecule has 1 aliphatic rings. The lowest BCUT2D eigenvalue weighted by molar-refractivity contribution is -0.136. The molecule has 3 heteroatoms. The summed E-state index contributed by atoms with van der Waals surface area (Å²) in [5, 5.41) is 0. The monoisotopic (exact) mass is 216 g/mol. The molecule has 3 nitrogen and oxygen atoms in total. The van der Waals surface area contributed by atoms with Crippen molar-refractivity contribution in [3.05, 3.63) is 36.2 Å². The lowest BCUT2D eigenvalue weighted by atomic mass is 10.0. The lowest BCUT2D eigenvalue weighted by Gasteiger charge is -2.37. The minimum absolute atomic E-state index is 0.178. The molecule has 1 saturated heterocycles. The summed E-state index contributed by atoms with van der Waals surface area (Å²) in [5.74, 6) is 0.831. The first-order valence-electron chi connectivity index (χ1n) is 5.54. The molecule has 0 N–H and O–H groups in total. The maximum Gasteiger partial charge on any atom is 0.228 e. The van der Waals surface area contributed by atoms with Crippen molar-refractivity contribution in [1.82, 2.24) is 9.88 Å². The van der Waals surface area contributed by atoms with E-state index in [2.05, 4.69) is 18.5 Å². The quantitative estimate of drug-likeness (QED) is 0.771. The molecular formula is C13H16N2O. The highest BCUT2D eigenvalue weighted by Gasteiger charge is 2.26. The summed E-state index contributed by atoms with van der Waals surface area (Å²) in [6.45, 7) is 7.60. The number of hydrogen-bond donors (Lipinski definition) is 0. The van der Waals surface area contributed by atoms with E-state index in [-0.39, 0.29) is 5.91 Å². The highest BCUT2D eigenvalue weighted by Crippen LogP contribution is 2.15. The third kappa shape index (κ3) is 2.30. The molecule has 0 aliphatic carbocycles. The molecule has 0 radical (unpaired) electrons. The van der Waals surface area contributed by atoms with Gasteiger partial charge in [0.25, 0.3) is 0 Å². The number of pyridine rings is 1. The average molecular weight is 216 g/mol. The van der Waals surface area contributed by atoms with Crippen LogP contribution in [0.5, 0.6) is 0 Å². The maximum atomic E-state index is 11.8. The van der Waals surface area contributed by atoms with Crippen molar-refractivity contribution in [2.24, 2.45) is 5.92 Å². The Morgan fingerprint density at radius 2 is 2.38 bits per heavy atom. The minimum atomic E-state index is 0.178. The lowest BCUT2D eigenvalue weighted by Crippen LogP contribution is -2.49. The molecule has 0 saturated carbocycles. The van der Waals surface area contributed by atoms with Gasteiger partial charge in [0, 0.05) is 25.0 Å². The van der Waals surface area contributed by atoms with Crippen LogP contribution in [0.15, 0.2) is 24.9 Å². The zero-order valence-electron chi connectivity index (χ0n) is 9.52. The van der Waals surface area contributed by atoms with Crippen LogP contribution in [0, 0.1) is 5.92 Å². The van der Waals surface area contributed by atoms with Gasteiger partial charge in [-0.25, -0.2) is 0 Å². The molecule has 0 aromatic carbocycles. The zero-order valence-corrected chi connectivity index (χ0v) is 9.52. The molecule has 0 bridgehead atoms. The largest absolute Gasteiger partial charge is 0.342 e. The second-order valence-electron chi connectivity index (χ2n) is 4.37. The molecule has 2 rings (SSSR count). The summed E-state index contributed by atoms with van der Waals surface area (Å²) >= 11 is 0. The summed E-state index contributed by atoms with van der Waals surface area (Å²) in [7, 11) is 0. The molecule has 1 fully saturated rings. The van der Waals surface area contributed by atoms with Crippen molar-refractivity contribution >= 4 is 12.0 Å². The predicted molar refractivity (Wildman–Crippen MR) is 63.8 cm³/mol. The fourth-order valence-electron chi connectivity index (χ4n) is 1.83. The third-order valence-electron chi connectivity index (χ3n) is 2.83. The summed E-state index contributed by atoms with van der Waals surface area (Å²) in [6.07, 6.45) is 3.90. The Kier molecular flexibility index (Phi) is 3.04. The Morgan fingerprint density at radius 3 is 2.88 bits per heavy atom. The SMILES string of the molecule is C=Cc1ccc(CC(=O)N2CC(C)C2)nc1. The van der Waals surface area contributed by atoms with E-state index < -0.39 is 0 Å². The first-order chi connectivity index (χ1) is 7.69. The summed E-state index contributed by atoms with van der Waals surface area (Å²) in [5.41, 5.74) is 1.81. The van der Waals surface area contributed by atoms with Gasteiger partial charge in [0.2, 0.25) is 5.91 Å². The maximum absolute atomic E-state index is 11.8. The second kappa shape index (κ2) is 4.47. The van der Waals surface area contributed by atoms with Gasteiger partial charge in [-0.2, -0.15) is 0 Å². The van der Waals surface area contributed by atoms with Crippen LogP contribution < -0.4 is 0 Å². The zero-order chi connectivity index (χ0) is 11.5. The highest BCUT2D eigenvalue weighted by atomic mass is 16.2. The van der Waals surface area contributed by atoms with Gasteiger partial charge in [-0.1, -0.05) is 25.6 Å². The number of likely N-dealkylation sites (tertiary alicyclic amines) is 1. The number of aromatic nitrogens is 1. The fraction of sp³-hybridized carbons (Fsp3) is 0.385. The molecule has 1 aliphatic heterocycles. The molecule has 16 heavy (non-hydrogen) atoms. The molecule has 1 aromatic heterocycles. The van der Waals surface area contributed by atoms with Crippen LogP contribution in [0.4, 0.5) is 0 Å². The smallest absolute Gasteiger partial charge is 0.228 e. The molecule has 1 amide bonds. The van der Waals surface area contributed by atoms with Gasteiger partial charge in [0.05, 0.1) is 6.42 Å². The predicted octanol–water partition coefficient (Wildman–Crippen LogP) is 1.75. The van der Waals surface area contributed by atoms with Crippen LogP contribution in [0.25, 0.3) is 6.08 Å². The van der Waals surface area contributed by atoms with Crippen molar-refractivity contribution in [2.45, 2.75) is 13.3 Å². The van der Waals surface area contributed by atoms with Crippen LogP contribution in [0.2, 0.25) is 0 Å². The Hall–Kier alpha value is -1.64. The van der Waals surface area contributed by atoms with E-state index >= 15 is 0 Å². The topological polar surface area (TPSA) is 33.2 Å². The van der Waals surface area contributed by atoms with Gasteiger partial charge < -0.3 is 4.90 Å². The number of rotatable bonds is 3. The van der Waals surface area contributed by atoms with Gasteiger partial charge in [0.15, 0.2) is 0 Å². The van der Waals surface area contributed by atoms with Gasteiger partial charge in [-0.15, -0.1) is 0 Å². The van der Waals surface area contributed by atoms with Crippen molar-refractivity contribution in [3.63, 3.8) is 0 Å². The minimum Gasteiger partial charge on any atom is -0.342 e. The normalized spacial score (nSPS) is 15.7. The summed E-state index contributed by atoms with van der Waals surface area (Å²) in [4.78, 5) is 17.9. The van der Waals surface area contributed by atoms with Crippen LogP contribution in [0.3, 0.4) is 0 Å². The van der Waals surface area contributed by atoms with Crippen molar-refractivity contribution in [1.29, 1.82) is 0 Å². The molecule has 0 atom stereocenters. The van der Waals surface area contributed by atoms with E-state index in [0.717, 1.165) is 24.3 Å². The van der Waals surface area contributed by atoms with E-state index in [1.165, 1.54) is 0 Å². The Labute approximate surface area is 95.8 Å². The van der Waals surface area contributed by atoms with Crippen LogP contribution >= 0.6 is 0 Å². The molecule has 84 valence electrons. The van der Waals surface area contributed by atoms with Crippen molar-refractivity contribution in [2.75, 3.05) is 13.1 Å². The average Bonchev–Trinajstić information content (AvgIpc) is 2.26. The number of carbonyl (C=O) groups excluding carboxylic acids is 1. The molecule has 0 unspecified atom stereocenters. The Balaban J connectivity index is 1.93. The van der Waals surface area contributed by atoms with Gasteiger partial charge in [-0.3, -0.25) is 9.78 Å². The van der Waals surface area contributed by atoms with Gasteiger partial charge in [-0.05, 0) is 17.5 Å². The number of hydrogen-bond acceptors (Lipinski definition) is 2. The van der Waals surface area contributed by atoms with E-state index in [1.54, 1.807) is 12.3 Å².